The number of halogens is 1. The minimum Gasteiger partial charge on any atom is -0.369 e. The number of amides is 1. The Hall–Kier alpha value is -1.10. The van der Waals surface area contributed by atoms with Crippen molar-refractivity contribution in [3.8, 4) is 0 Å². The molecule has 2 N–H and O–H groups in total. The summed E-state index contributed by atoms with van der Waals surface area (Å²) in [6.45, 7) is 12.7. The van der Waals surface area contributed by atoms with Gasteiger partial charge in [0, 0.05) is 23.7 Å². The van der Waals surface area contributed by atoms with Gasteiger partial charge in [-0.3, -0.25) is 9.69 Å². The van der Waals surface area contributed by atoms with Crippen LogP contribution in [-0.4, -0.2) is 54.0 Å². The standard InChI is InChI=1S/C23H38ClN3O/c1-18(2)27(19(3)4)17-13-23(22(25)28,20-10-6-7-11-21(20)24)12-16-26-14-8-5-9-15-26/h6-7,10-11,18-19H,5,8-9,12-17H2,1-4H3,(H2,25,28)/t23-/m1/s1. The highest BCUT2D eigenvalue weighted by atomic mass is 35.5. The van der Waals surface area contributed by atoms with Crippen LogP contribution in [0.2, 0.25) is 5.02 Å². The molecule has 158 valence electrons. The van der Waals surface area contributed by atoms with Crippen molar-refractivity contribution in [2.24, 2.45) is 5.73 Å². The largest absolute Gasteiger partial charge is 0.369 e. The highest BCUT2D eigenvalue weighted by Crippen LogP contribution is 2.37. The molecule has 1 amide bonds. The Morgan fingerprint density at radius 3 is 2.25 bits per heavy atom. The van der Waals surface area contributed by atoms with Crippen LogP contribution >= 0.6 is 11.6 Å². The summed E-state index contributed by atoms with van der Waals surface area (Å²) in [5.74, 6) is -0.259. The van der Waals surface area contributed by atoms with Crippen molar-refractivity contribution in [1.29, 1.82) is 0 Å². The third kappa shape index (κ3) is 5.71. The van der Waals surface area contributed by atoms with Gasteiger partial charge >= 0.3 is 0 Å². The van der Waals surface area contributed by atoms with E-state index < -0.39 is 5.41 Å². The van der Waals surface area contributed by atoms with Gasteiger partial charge in [0.25, 0.3) is 0 Å². The molecule has 0 aliphatic carbocycles. The molecular formula is C23H38ClN3O. The van der Waals surface area contributed by atoms with Crippen LogP contribution < -0.4 is 5.73 Å². The molecule has 0 bridgehead atoms. The third-order valence-electron chi connectivity index (χ3n) is 6.29. The Kier molecular flexibility index (Phi) is 8.79. The van der Waals surface area contributed by atoms with E-state index in [1.54, 1.807) is 0 Å². The van der Waals surface area contributed by atoms with Crippen molar-refractivity contribution < 1.29 is 4.79 Å². The highest BCUT2D eigenvalue weighted by molar-refractivity contribution is 6.31. The molecule has 1 saturated heterocycles. The zero-order valence-electron chi connectivity index (χ0n) is 18.1. The van der Waals surface area contributed by atoms with Crippen LogP contribution in [0.3, 0.4) is 0 Å². The number of likely N-dealkylation sites (tertiary alicyclic amines) is 1. The molecular weight excluding hydrogens is 370 g/mol. The van der Waals surface area contributed by atoms with Gasteiger partial charge < -0.3 is 10.6 Å². The Balaban J connectivity index is 2.31. The molecule has 0 aromatic heterocycles. The molecule has 1 aromatic rings. The van der Waals surface area contributed by atoms with Crippen molar-refractivity contribution in [1.82, 2.24) is 9.80 Å². The van der Waals surface area contributed by atoms with Gasteiger partial charge in [-0.05, 0) is 84.6 Å². The molecule has 1 fully saturated rings. The van der Waals surface area contributed by atoms with Gasteiger partial charge in [0.15, 0.2) is 0 Å². The molecule has 2 rings (SSSR count). The number of benzene rings is 1. The molecule has 0 unspecified atom stereocenters. The van der Waals surface area contributed by atoms with Crippen LogP contribution in [0.15, 0.2) is 24.3 Å². The zero-order chi connectivity index (χ0) is 20.7. The number of piperidine rings is 1. The molecule has 4 nitrogen and oxygen atoms in total. The van der Waals surface area contributed by atoms with Crippen molar-refractivity contribution in [2.45, 2.75) is 77.3 Å². The van der Waals surface area contributed by atoms with Crippen molar-refractivity contribution >= 4 is 17.5 Å². The number of carbonyl (C=O) groups is 1. The van der Waals surface area contributed by atoms with Gasteiger partial charge in [0.1, 0.15) is 0 Å². The number of nitrogens with zero attached hydrogens (tertiary/aromatic N) is 2. The van der Waals surface area contributed by atoms with Crippen LogP contribution in [0.5, 0.6) is 0 Å². The number of primary amides is 1. The maximum atomic E-state index is 12.9. The van der Waals surface area contributed by atoms with E-state index in [1.165, 1.54) is 19.3 Å². The van der Waals surface area contributed by atoms with E-state index in [0.717, 1.165) is 38.2 Å². The number of hydrogen-bond donors (Lipinski definition) is 1. The Bertz CT molecular complexity index is 620. The summed E-state index contributed by atoms with van der Waals surface area (Å²) in [5.41, 5.74) is 6.24. The van der Waals surface area contributed by atoms with Crippen LogP contribution in [0.4, 0.5) is 0 Å². The number of rotatable bonds is 10. The van der Waals surface area contributed by atoms with Crippen molar-refractivity contribution in [3.05, 3.63) is 34.9 Å². The summed E-state index contributed by atoms with van der Waals surface area (Å²) in [7, 11) is 0. The maximum Gasteiger partial charge on any atom is 0.228 e. The van der Waals surface area contributed by atoms with Gasteiger partial charge in [-0.25, -0.2) is 0 Å². The fraction of sp³-hybridized carbons (Fsp3) is 0.696. The Morgan fingerprint density at radius 2 is 1.71 bits per heavy atom. The van der Waals surface area contributed by atoms with Gasteiger partial charge in [0.2, 0.25) is 5.91 Å². The molecule has 1 atom stereocenters. The molecule has 5 heteroatoms. The van der Waals surface area contributed by atoms with Crippen molar-refractivity contribution in [3.63, 3.8) is 0 Å². The van der Waals surface area contributed by atoms with E-state index in [9.17, 15) is 4.79 Å². The molecule has 0 radical (unpaired) electrons. The Labute approximate surface area is 176 Å². The SMILES string of the molecule is CC(C)N(CC[C@@](CCN1CCCCC1)(C(N)=O)c1ccccc1Cl)C(C)C. The van der Waals surface area contributed by atoms with E-state index in [2.05, 4.69) is 37.5 Å². The lowest BCUT2D eigenvalue weighted by Gasteiger charge is -2.38. The van der Waals surface area contributed by atoms with Gasteiger partial charge in [-0.15, -0.1) is 0 Å². The highest BCUT2D eigenvalue weighted by Gasteiger charge is 2.40. The smallest absolute Gasteiger partial charge is 0.228 e. The van der Waals surface area contributed by atoms with Gasteiger partial charge in [0.05, 0.1) is 5.41 Å². The van der Waals surface area contributed by atoms with E-state index in [-0.39, 0.29) is 5.91 Å². The summed E-state index contributed by atoms with van der Waals surface area (Å²) in [6, 6.07) is 8.56. The second kappa shape index (κ2) is 10.6. The second-order valence-electron chi connectivity index (χ2n) is 8.75. The third-order valence-corrected chi connectivity index (χ3v) is 6.62. The summed E-state index contributed by atoms with van der Waals surface area (Å²) in [4.78, 5) is 17.8. The monoisotopic (exact) mass is 407 g/mol. The number of hydrogen-bond acceptors (Lipinski definition) is 3. The Morgan fingerprint density at radius 1 is 1.11 bits per heavy atom. The van der Waals surface area contributed by atoms with E-state index in [0.29, 0.717) is 23.5 Å². The lowest BCUT2D eigenvalue weighted by molar-refractivity contribution is -0.124. The summed E-state index contributed by atoms with van der Waals surface area (Å²) >= 11 is 6.58. The molecule has 1 aliphatic rings. The first-order valence-corrected chi connectivity index (χ1v) is 11.2. The average Bonchev–Trinajstić information content (AvgIpc) is 2.65. The molecule has 1 aliphatic heterocycles. The van der Waals surface area contributed by atoms with Crippen LogP contribution in [0.1, 0.15) is 65.4 Å². The maximum absolute atomic E-state index is 12.9. The van der Waals surface area contributed by atoms with Crippen LogP contribution in [0, 0.1) is 0 Å². The van der Waals surface area contributed by atoms with Crippen molar-refractivity contribution in [2.75, 3.05) is 26.2 Å². The number of nitrogens with two attached hydrogens (primary N) is 1. The van der Waals surface area contributed by atoms with E-state index in [4.69, 9.17) is 17.3 Å². The zero-order valence-corrected chi connectivity index (χ0v) is 18.8. The predicted octanol–water partition coefficient (Wildman–Crippen LogP) is 4.45. The fourth-order valence-corrected chi connectivity index (χ4v) is 4.90. The lowest BCUT2D eigenvalue weighted by atomic mass is 9.73. The van der Waals surface area contributed by atoms with E-state index in [1.807, 2.05) is 24.3 Å². The molecule has 1 aromatic carbocycles. The minimum absolute atomic E-state index is 0.259. The average molecular weight is 408 g/mol. The first kappa shape index (κ1) is 23.2. The van der Waals surface area contributed by atoms with Crippen LogP contribution in [0.25, 0.3) is 0 Å². The lowest BCUT2D eigenvalue weighted by Crippen LogP contribution is -2.48. The summed E-state index contributed by atoms with van der Waals surface area (Å²) in [6.07, 6.45) is 5.19. The molecule has 0 spiro atoms. The molecule has 1 heterocycles. The first-order chi connectivity index (χ1) is 13.3. The minimum atomic E-state index is -0.738. The fourth-order valence-electron chi connectivity index (χ4n) is 4.59. The topological polar surface area (TPSA) is 49.6 Å². The molecule has 28 heavy (non-hydrogen) atoms. The van der Waals surface area contributed by atoms with Crippen LogP contribution in [-0.2, 0) is 10.2 Å². The molecule has 0 saturated carbocycles. The van der Waals surface area contributed by atoms with Gasteiger partial charge in [-0.1, -0.05) is 36.2 Å². The normalized spacial score (nSPS) is 18.0. The first-order valence-electron chi connectivity index (χ1n) is 10.8. The quantitative estimate of drug-likeness (QED) is 0.623. The summed E-state index contributed by atoms with van der Waals surface area (Å²) in [5, 5.41) is 0.639. The predicted molar refractivity (Wildman–Crippen MR) is 119 cm³/mol. The van der Waals surface area contributed by atoms with Gasteiger partial charge in [-0.2, -0.15) is 0 Å². The summed E-state index contributed by atoms with van der Waals surface area (Å²) < 4.78 is 0. The van der Waals surface area contributed by atoms with E-state index >= 15 is 0 Å². The second-order valence-corrected chi connectivity index (χ2v) is 9.16. The number of carbonyl (C=O) groups excluding carboxylic acids is 1.